The van der Waals surface area contributed by atoms with Crippen LogP contribution in [0.3, 0.4) is 0 Å². The van der Waals surface area contributed by atoms with Crippen molar-refractivity contribution in [2.24, 2.45) is 0 Å². The zero-order valence-electron chi connectivity index (χ0n) is 13.6. The molecule has 0 aliphatic heterocycles. The number of aromatic nitrogens is 1. The fourth-order valence-electron chi connectivity index (χ4n) is 1.59. The highest BCUT2D eigenvalue weighted by Gasteiger charge is 2.27. The van der Waals surface area contributed by atoms with Crippen LogP contribution in [0.15, 0.2) is 11.6 Å². The fourth-order valence-corrected chi connectivity index (χ4v) is 2.11. The Balaban J connectivity index is 2.76. The highest BCUT2D eigenvalue weighted by Crippen LogP contribution is 2.18. The molecule has 1 aromatic heterocycles. The van der Waals surface area contributed by atoms with Crippen molar-refractivity contribution >= 4 is 28.5 Å². The number of hydrogen-bond acceptors (Lipinski definition) is 7. The third-order valence-electron chi connectivity index (χ3n) is 2.67. The van der Waals surface area contributed by atoms with E-state index in [9.17, 15) is 9.59 Å². The van der Waals surface area contributed by atoms with Crippen LogP contribution in [0.5, 0.6) is 0 Å². The number of ether oxygens (including phenoxy) is 2. The quantitative estimate of drug-likeness (QED) is 0.638. The van der Waals surface area contributed by atoms with Gasteiger partial charge in [-0.3, -0.25) is 10.2 Å². The minimum atomic E-state index is -0.609. The van der Waals surface area contributed by atoms with Crippen LogP contribution in [0.2, 0.25) is 0 Å². The number of carbonyl (C=O) groups excluding carboxylic acids is 2. The first-order valence-corrected chi connectivity index (χ1v) is 7.86. The summed E-state index contributed by atoms with van der Waals surface area (Å²) in [6.07, 6.45) is 1.79. The van der Waals surface area contributed by atoms with Crippen LogP contribution >= 0.6 is 11.3 Å². The highest BCUT2D eigenvalue weighted by molar-refractivity contribution is 7.13. The molecule has 0 aromatic carbocycles. The maximum absolute atomic E-state index is 12.3. The molecule has 124 valence electrons. The lowest BCUT2D eigenvalue weighted by molar-refractivity contribution is -0.141. The van der Waals surface area contributed by atoms with Crippen LogP contribution in [-0.2, 0) is 14.3 Å². The van der Waals surface area contributed by atoms with E-state index in [1.165, 1.54) is 23.5 Å². The van der Waals surface area contributed by atoms with Gasteiger partial charge in [-0.25, -0.2) is 14.8 Å². The molecule has 0 fully saturated rings. The minimum absolute atomic E-state index is 0.219. The molecule has 8 heteroatoms. The largest absolute Gasteiger partial charge is 0.469 e. The zero-order chi connectivity index (χ0) is 16.8. The summed E-state index contributed by atoms with van der Waals surface area (Å²) < 4.78 is 10.0. The van der Waals surface area contributed by atoms with E-state index >= 15 is 0 Å². The van der Waals surface area contributed by atoms with E-state index in [1.807, 2.05) is 6.92 Å². The summed E-state index contributed by atoms with van der Waals surface area (Å²) in [5, 5.41) is 3.73. The van der Waals surface area contributed by atoms with Crippen molar-refractivity contribution in [3.05, 3.63) is 11.6 Å². The van der Waals surface area contributed by atoms with Gasteiger partial charge in [-0.1, -0.05) is 0 Å². The van der Waals surface area contributed by atoms with Gasteiger partial charge in [-0.05, 0) is 34.1 Å². The van der Waals surface area contributed by atoms with Gasteiger partial charge >= 0.3 is 12.1 Å². The summed E-state index contributed by atoms with van der Waals surface area (Å²) in [4.78, 5) is 27.7. The van der Waals surface area contributed by atoms with Gasteiger partial charge in [-0.15, -0.1) is 11.3 Å². The SMILES string of the molecule is COC(=O)CCC(C)N(Nc1nccs1)C(=O)OC(C)(C)C. The van der Waals surface area contributed by atoms with E-state index in [0.29, 0.717) is 11.6 Å². The summed E-state index contributed by atoms with van der Waals surface area (Å²) in [7, 11) is 1.34. The van der Waals surface area contributed by atoms with Gasteiger partial charge in [0.05, 0.1) is 13.2 Å². The van der Waals surface area contributed by atoms with Gasteiger partial charge in [-0.2, -0.15) is 0 Å². The molecule has 0 aliphatic carbocycles. The standard InChI is InChI=1S/C14H23N3O4S/c1-10(6-7-11(18)20-5)17(13(19)21-14(2,3)4)16-12-15-8-9-22-12/h8-10H,6-7H2,1-5H3,(H,15,16). The third kappa shape index (κ3) is 6.30. The number of thiazole rings is 1. The number of hydrogen-bond donors (Lipinski definition) is 1. The lowest BCUT2D eigenvalue weighted by Gasteiger charge is -2.31. The van der Waals surface area contributed by atoms with Gasteiger partial charge in [0.1, 0.15) is 5.60 Å². The van der Waals surface area contributed by atoms with Crippen molar-refractivity contribution in [1.82, 2.24) is 9.99 Å². The average molecular weight is 329 g/mol. The topological polar surface area (TPSA) is 80.8 Å². The smallest absolute Gasteiger partial charge is 0.429 e. The van der Waals surface area contributed by atoms with E-state index in [0.717, 1.165) is 0 Å². The van der Waals surface area contributed by atoms with Gasteiger partial charge in [0.25, 0.3) is 0 Å². The maximum Gasteiger partial charge on any atom is 0.429 e. The first-order valence-electron chi connectivity index (χ1n) is 6.98. The molecule has 0 radical (unpaired) electrons. The predicted octanol–water partition coefficient (Wildman–Crippen LogP) is 3.05. The monoisotopic (exact) mass is 329 g/mol. The molecule has 0 saturated carbocycles. The Morgan fingerprint density at radius 3 is 2.64 bits per heavy atom. The summed E-state index contributed by atoms with van der Waals surface area (Å²) in [5.41, 5.74) is 2.33. The molecule has 1 unspecified atom stereocenters. The van der Waals surface area contributed by atoms with E-state index in [-0.39, 0.29) is 18.4 Å². The number of nitrogens with one attached hydrogen (secondary N) is 1. The van der Waals surface area contributed by atoms with Crippen molar-refractivity contribution in [1.29, 1.82) is 0 Å². The molecule has 0 bridgehead atoms. The number of hydrazine groups is 1. The lowest BCUT2D eigenvalue weighted by Crippen LogP contribution is -2.45. The van der Waals surface area contributed by atoms with E-state index < -0.39 is 11.7 Å². The van der Waals surface area contributed by atoms with E-state index in [2.05, 4.69) is 15.1 Å². The number of nitrogens with zero attached hydrogens (tertiary/aromatic N) is 2. The predicted molar refractivity (Wildman–Crippen MR) is 84.5 cm³/mol. The van der Waals surface area contributed by atoms with Crippen LogP contribution < -0.4 is 5.43 Å². The molecule has 7 nitrogen and oxygen atoms in total. The van der Waals surface area contributed by atoms with Crippen LogP contribution in [-0.4, -0.2) is 40.8 Å². The van der Waals surface area contributed by atoms with Crippen LogP contribution in [0.4, 0.5) is 9.93 Å². The van der Waals surface area contributed by atoms with Crippen LogP contribution in [0.25, 0.3) is 0 Å². The zero-order valence-corrected chi connectivity index (χ0v) is 14.4. The molecule has 1 amide bonds. The Labute approximate surface area is 134 Å². The third-order valence-corrected chi connectivity index (χ3v) is 3.35. The molecule has 22 heavy (non-hydrogen) atoms. The Hall–Kier alpha value is -1.83. The number of methoxy groups -OCH3 is 1. The van der Waals surface area contributed by atoms with Crippen molar-refractivity contribution in [3.8, 4) is 0 Å². The van der Waals surface area contributed by atoms with Gasteiger partial charge in [0.15, 0.2) is 0 Å². The first kappa shape index (κ1) is 18.2. The maximum atomic E-state index is 12.3. The Morgan fingerprint density at radius 2 is 2.14 bits per heavy atom. The Kier molecular flexibility index (Phi) is 6.61. The number of rotatable bonds is 6. The second-order valence-electron chi connectivity index (χ2n) is 5.76. The van der Waals surface area contributed by atoms with Crippen molar-refractivity contribution in [2.75, 3.05) is 12.5 Å². The van der Waals surface area contributed by atoms with Gasteiger partial charge in [0, 0.05) is 18.0 Å². The second kappa shape index (κ2) is 7.98. The molecule has 1 N–H and O–H groups in total. The summed E-state index contributed by atoms with van der Waals surface area (Å²) in [6, 6.07) is -0.266. The van der Waals surface area contributed by atoms with E-state index in [1.54, 1.807) is 32.3 Å². The van der Waals surface area contributed by atoms with Crippen LogP contribution in [0.1, 0.15) is 40.5 Å². The molecular formula is C14H23N3O4S. The van der Waals surface area contributed by atoms with Gasteiger partial charge in [0.2, 0.25) is 5.13 Å². The van der Waals surface area contributed by atoms with Crippen LogP contribution in [0, 0.1) is 0 Å². The number of amides is 1. The normalized spacial score (nSPS) is 12.4. The highest BCUT2D eigenvalue weighted by atomic mass is 32.1. The molecule has 0 saturated heterocycles. The number of carbonyl (C=O) groups is 2. The van der Waals surface area contributed by atoms with Gasteiger partial charge < -0.3 is 9.47 Å². The first-order chi connectivity index (χ1) is 10.2. The van der Waals surface area contributed by atoms with Crippen molar-refractivity contribution in [3.63, 3.8) is 0 Å². The van der Waals surface area contributed by atoms with Crippen molar-refractivity contribution in [2.45, 2.75) is 52.2 Å². The number of anilines is 1. The summed E-state index contributed by atoms with van der Waals surface area (Å²) >= 11 is 1.37. The Morgan fingerprint density at radius 1 is 1.45 bits per heavy atom. The molecule has 0 aliphatic rings. The molecular weight excluding hydrogens is 306 g/mol. The average Bonchev–Trinajstić information content (AvgIpc) is 2.92. The molecule has 1 atom stereocenters. The molecule has 0 spiro atoms. The fraction of sp³-hybridized carbons (Fsp3) is 0.643. The molecule has 1 aromatic rings. The second-order valence-corrected chi connectivity index (χ2v) is 6.66. The molecule has 1 rings (SSSR count). The Bertz CT molecular complexity index is 485. The van der Waals surface area contributed by atoms with Crippen molar-refractivity contribution < 1.29 is 19.1 Å². The summed E-state index contributed by atoms with van der Waals surface area (Å²) in [5.74, 6) is -0.315. The van der Waals surface area contributed by atoms with E-state index in [4.69, 9.17) is 4.74 Å². The lowest BCUT2D eigenvalue weighted by atomic mass is 10.2. The number of esters is 1. The minimum Gasteiger partial charge on any atom is -0.469 e. The molecule has 1 heterocycles. The summed E-state index contributed by atoms with van der Waals surface area (Å²) in [6.45, 7) is 7.22.